The van der Waals surface area contributed by atoms with E-state index in [-0.39, 0.29) is 5.92 Å². The molecule has 0 bridgehead atoms. The van der Waals surface area contributed by atoms with Gasteiger partial charge in [0.2, 0.25) is 0 Å². The summed E-state index contributed by atoms with van der Waals surface area (Å²) >= 11 is 0. The summed E-state index contributed by atoms with van der Waals surface area (Å²) < 4.78 is 0. The lowest BCUT2D eigenvalue weighted by atomic mass is 9.98. The number of hydrogen-bond acceptors (Lipinski definition) is 3. The minimum Gasteiger partial charge on any atom is -0.314 e. The third-order valence-electron chi connectivity index (χ3n) is 2.07. The lowest BCUT2D eigenvalue weighted by Gasteiger charge is -2.15. The lowest BCUT2D eigenvalue weighted by molar-refractivity contribution is 0.380. The normalized spacial score (nSPS) is 13.3. The summed E-state index contributed by atoms with van der Waals surface area (Å²) in [6, 6.07) is 2.31. The van der Waals surface area contributed by atoms with Gasteiger partial charge in [0.25, 0.3) is 0 Å². The Kier molecular flexibility index (Phi) is 6.56. The summed E-state index contributed by atoms with van der Waals surface area (Å²) in [5.41, 5.74) is 0. The fraction of sp³-hybridized carbons (Fsp3) is 0.900. The summed E-state index contributed by atoms with van der Waals surface area (Å²) in [4.78, 5) is 2.13. The first kappa shape index (κ1) is 12.4. The van der Waals surface area contributed by atoms with Gasteiger partial charge >= 0.3 is 0 Å². The Balaban J connectivity index is 3.46. The van der Waals surface area contributed by atoms with Gasteiger partial charge < -0.3 is 10.2 Å². The van der Waals surface area contributed by atoms with Gasteiger partial charge in [0.1, 0.15) is 0 Å². The van der Waals surface area contributed by atoms with Crippen LogP contribution in [0.3, 0.4) is 0 Å². The highest BCUT2D eigenvalue weighted by molar-refractivity contribution is 4.86. The van der Waals surface area contributed by atoms with Gasteiger partial charge in [0.05, 0.1) is 12.0 Å². The number of nitrogens with zero attached hydrogens (tertiary/aromatic N) is 2. The number of nitrogens with one attached hydrogen (secondary N) is 1. The minimum absolute atomic E-state index is 0.141. The number of likely N-dealkylation sites (N-methyl/N-ethyl adjacent to an activating group) is 1. The summed E-state index contributed by atoms with van der Waals surface area (Å²) in [6.45, 7) is 6.96. The highest BCUT2D eigenvalue weighted by Crippen LogP contribution is 2.07. The van der Waals surface area contributed by atoms with Crippen LogP contribution in [0.15, 0.2) is 0 Å². The van der Waals surface area contributed by atoms with Crippen molar-refractivity contribution in [2.24, 2.45) is 11.8 Å². The first-order chi connectivity index (χ1) is 6.07. The Morgan fingerprint density at radius 3 is 2.38 bits per heavy atom. The van der Waals surface area contributed by atoms with Gasteiger partial charge in [-0.1, -0.05) is 13.8 Å². The van der Waals surface area contributed by atoms with E-state index in [9.17, 15) is 0 Å². The zero-order chi connectivity index (χ0) is 10.3. The van der Waals surface area contributed by atoms with Crippen molar-refractivity contribution in [1.82, 2.24) is 10.2 Å². The minimum atomic E-state index is 0.141. The molecule has 0 heterocycles. The van der Waals surface area contributed by atoms with Crippen LogP contribution in [0.4, 0.5) is 0 Å². The zero-order valence-electron chi connectivity index (χ0n) is 9.17. The molecular formula is C10H21N3. The Morgan fingerprint density at radius 2 is 2.00 bits per heavy atom. The van der Waals surface area contributed by atoms with Gasteiger partial charge in [-0.2, -0.15) is 5.26 Å². The third-order valence-corrected chi connectivity index (χ3v) is 2.07. The molecule has 1 unspecified atom stereocenters. The van der Waals surface area contributed by atoms with Crippen molar-refractivity contribution in [2.45, 2.75) is 13.8 Å². The summed E-state index contributed by atoms with van der Waals surface area (Å²) in [5, 5.41) is 12.1. The number of nitriles is 1. The smallest absolute Gasteiger partial charge is 0.0671 e. The van der Waals surface area contributed by atoms with E-state index < -0.39 is 0 Å². The van der Waals surface area contributed by atoms with Crippen LogP contribution in [0.1, 0.15) is 13.8 Å². The van der Waals surface area contributed by atoms with E-state index >= 15 is 0 Å². The molecule has 0 amide bonds. The van der Waals surface area contributed by atoms with E-state index in [4.69, 9.17) is 5.26 Å². The molecule has 13 heavy (non-hydrogen) atoms. The van der Waals surface area contributed by atoms with Crippen molar-refractivity contribution in [3.63, 3.8) is 0 Å². The molecule has 3 heteroatoms. The first-order valence-electron chi connectivity index (χ1n) is 4.83. The fourth-order valence-electron chi connectivity index (χ4n) is 0.991. The van der Waals surface area contributed by atoms with E-state index in [1.807, 2.05) is 14.1 Å². The molecule has 3 nitrogen and oxygen atoms in total. The van der Waals surface area contributed by atoms with Crippen molar-refractivity contribution in [3.05, 3.63) is 0 Å². The topological polar surface area (TPSA) is 39.1 Å². The molecule has 1 atom stereocenters. The maximum Gasteiger partial charge on any atom is 0.0671 e. The van der Waals surface area contributed by atoms with Crippen molar-refractivity contribution in [2.75, 3.05) is 33.7 Å². The molecule has 76 valence electrons. The molecule has 0 aromatic rings. The largest absolute Gasteiger partial charge is 0.314 e. The van der Waals surface area contributed by atoms with Crippen molar-refractivity contribution < 1.29 is 0 Å². The third kappa shape index (κ3) is 6.56. The number of hydrogen-bond donors (Lipinski definition) is 1. The van der Waals surface area contributed by atoms with Gasteiger partial charge in [-0.15, -0.1) is 0 Å². The quantitative estimate of drug-likeness (QED) is 0.623. The Hall–Kier alpha value is -0.590. The molecule has 0 spiro atoms. The second-order valence-corrected chi connectivity index (χ2v) is 3.99. The van der Waals surface area contributed by atoms with Gasteiger partial charge in [-0.25, -0.2) is 0 Å². The summed E-state index contributed by atoms with van der Waals surface area (Å²) in [6.07, 6.45) is 0. The van der Waals surface area contributed by atoms with Gasteiger partial charge in [0, 0.05) is 19.6 Å². The van der Waals surface area contributed by atoms with E-state index in [0.29, 0.717) is 5.92 Å². The van der Waals surface area contributed by atoms with Crippen LogP contribution in [-0.2, 0) is 0 Å². The molecule has 0 rings (SSSR count). The molecule has 0 radical (unpaired) electrons. The van der Waals surface area contributed by atoms with E-state index in [2.05, 4.69) is 30.1 Å². The summed E-state index contributed by atoms with van der Waals surface area (Å²) in [5.74, 6) is 0.582. The molecule has 0 saturated carbocycles. The first-order valence-corrected chi connectivity index (χ1v) is 4.83. The second kappa shape index (κ2) is 6.88. The predicted octanol–water partition coefficient (Wildman–Crippen LogP) is 0.933. The van der Waals surface area contributed by atoms with Gasteiger partial charge in [-0.3, -0.25) is 0 Å². The molecule has 0 aromatic heterocycles. The molecular weight excluding hydrogens is 162 g/mol. The van der Waals surface area contributed by atoms with Crippen LogP contribution in [-0.4, -0.2) is 38.6 Å². The Morgan fingerprint density at radius 1 is 1.38 bits per heavy atom. The average molecular weight is 183 g/mol. The molecule has 0 aliphatic rings. The van der Waals surface area contributed by atoms with Crippen molar-refractivity contribution in [3.8, 4) is 6.07 Å². The van der Waals surface area contributed by atoms with Crippen molar-refractivity contribution in [1.29, 1.82) is 5.26 Å². The van der Waals surface area contributed by atoms with Crippen LogP contribution in [0.5, 0.6) is 0 Å². The molecule has 0 saturated heterocycles. The standard InChI is InChI=1S/C10H21N3/c1-9(2)10(7-11)8-12-5-6-13(3)4/h9-10,12H,5-6,8H2,1-4H3. The highest BCUT2D eigenvalue weighted by atomic mass is 15.1. The molecule has 1 N–H and O–H groups in total. The van der Waals surface area contributed by atoms with Crippen LogP contribution >= 0.6 is 0 Å². The number of rotatable bonds is 6. The van der Waals surface area contributed by atoms with E-state index in [1.165, 1.54) is 0 Å². The van der Waals surface area contributed by atoms with Crippen LogP contribution in [0.2, 0.25) is 0 Å². The van der Waals surface area contributed by atoms with E-state index in [1.54, 1.807) is 0 Å². The molecule has 0 aromatic carbocycles. The maximum atomic E-state index is 8.80. The highest BCUT2D eigenvalue weighted by Gasteiger charge is 2.10. The second-order valence-electron chi connectivity index (χ2n) is 3.99. The summed E-state index contributed by atoms with van der Waals surface area (Å²) in [7, 11) is 4.10. The molecule has 0 fully saturated rings. The zero-order valence-corrected chi connectivity index (χ0v) is 9.17. The maximum absolute atomic E-state index is 8.80. The van der Waals surface area contributed by atoms with Gasteiger partial charge in [-0.05, 0) is 20.0 Å². The lowest BCUT2D eigenvalue weighted by Crippen LogP contribution is -2.31. The van der Waals surface area contributed by atoms with Crippen LogP contribution in [0, 0.1) is 23.2 Å². The molecule has 0 aliphatic heterocycles. The van der Waals surface area contributed by atoms with Crippen LogP contribution in [0.25, 0.3) is 0 Å². The van der Waals surface area contributed by atoms with Gasteiger partial charge in [0.15, 0.2) is 0 Å². The van der Waals surface area contributed by atoms with E-state index in [0.717, 1.165) is 19.6 Å². The van der Waals surface area contributed by atoms with Crippen molar-refractivity contribution >= 4 is 0 Å². The Bertz CT molecular complexity index is 158. The average Bonchev–Trinajstić information content (AvgIpc) is 2.03. The SMILES string of the molecule is CC(C)C(C#N)CNCCN(C)C. The monoisotopic (exact) mass is 183 g/mol. The Labute approximate surface area is 81.7 Å². The predicted molar refractivity (Wildman–Crippen MR) is 55.4 cm³/mol. The van der Waals surface area contributed by atoms with Crippen LogP contribution < -0.4 is 5.32 Å². The fourth-order valence-corrected chi connectivity index (χ4v) is 0.991. The molecule has 0 aliphatic carbocycles.